The lowest BCUT2D eigenvalue weighted by Gasteiger charge is -2.17. The molecule has 0 fully saturated rings. The standard InChI is InChI=1S/C10H13ClN4S2/c1-6(12)9(7-3-4-8(11)16-7)17-10-14-13-5-15(10)2/h3-6,9H,12H2,1-2H3. The Kier molecular flexibility index (Phi) is 4.09. The lowest BCUT2D eigenvalue weighted by atomic mass is 10.2. The van der Waals surface area contributed by atoms with Gasteiger partial charge in [-0.1, -0.05) is 23.4 Å². The van der Waals surface area contributed by atoms with Crippen LogP contribution in [0.2, 0.25) is 4.34 Å². The fraction of sp³-hybridized carbons (Fsp3) is 0.400. The molecule has 0 saturated carbocycles. The molecule has 7 heteroatoms. The normalized spacial score (nSPS) is 14.8. The second-order valence-corrected chi connectivity index (χ2v) is 6.62. The van der Waals surface area contributed by atoms with Gasteiger partial charge < -0.3 is 10.3 Å². The molecule has 2 atom stereocenters. The van der Waals surface area contributed by atoms with Crippen LogP contribution in [0.4, 0.5) is 0 Å². The summed E-state index contributed by atoms with van der Waals surface area (Å²) >= 11 is 9.13. The van der Waals surface area contributed by atoms with Crippen LogP contribution in [0.5, 0.6) is 0 Å². The highest BCUT2D eigenvalue weighted by molar-refractivity contribution is 7.99. The Morgan fingerprint density at radius 2 is 2.29 bits per heavy atom. The van der Waals surface area contributed by atoms with Crippen molar-refractivity contribution in [2.75, 3.05) is 0 Å². The van der Waals surface area contributed by atoms with E-state index in [0.717, 1.165) is 14.4 Å². The predicted octanol–water partition coefficient (Wildman–Crippen LogP) is 2.71. The second-order valence-electron chi connectivity index (χ2n) is 3.76. The third-order valence-electron chi connectivity index (χ3n) is 2.25. The Hall–Kier alpha value is -0.560. The molecule has 2 rings (SSSR count). The first-order valence-corrected chi connectivity index (χ1v) is 7.17. The van der Waals surface area contributed by atoms with E-state index < -0.39 is 0 Å². The number of aromatic nitrogens is 3. The van der Waals surface area contributed by atoms with Gasteiger partial charge in [0.2, 0.25) is 0 Å². The topological polar surface area (TPSA) is 56.7 Å². The Labute approximate surface area is 113 Å². The summed E-state index contributed by atoms with van der Waals surface area (Å²) in [6.07, 6.45) is 1.68. The molecule has 4 nitrogen and oxygen atoms in total. The summed E-state index contributed by atoms with van der Waals surface area (Å²) in [4.78, 5) is 1.16. The van der Waals surface area contributed by atoms with Crippen LogP contribution in [0.15, 0.2) is 23.6 Å². The van der Waals surface area contributed by atoms with Gasteiger partial charge >= 0.3 is 0 Å². The van der Waals surface area contributed by atoms with Crippen molar-refractivity contribution in [1.82, 2.24) is 14.8 Å². The molecule has 2 unspecified atom stereocenters. The molecule has 0 bridgehead atoms. The van der Waals surface area contributed by atoms with E-state index in [0.29, 0.717) is 0 Å². The maximum Gasteiger partial charge on any atom is 0.191 e. The summed E-state index contributed by atoms with van der Waals surface area (Å²) in [6, 6.07) is 3.94. The lowest BCUT2D eigenvalue weighted by molar-refractivity contribution is 0.717. The third-order valence-corrected chi connectivity index (χ3v) is 5.24. The zero-order valence-electron chi connectivity index (χ0n) is 9.50. The zero-order valence-corrected chi connectivity index (χ0v) is 11.9. The number of aryl methyl sites for hydroxylation is 1. The summed E-state index contributed by atoms with van der Waals surface area (Å²) in [5.74, 6) is 0. The van der Waals surface area contributed by atoms with E-state index >= 15 is 0 Å². The van der Waals surface area contributed by atoms with E-state index in [4.69, 9.17) is 17.3 Å². The molecule has 0 radical (unpaired) electrons. The predicted molar refractivity (Wildman–Crippen MR) is 72.6 cm³/mol. The van der Waals surface area contributed by atoms with Gasteiger partial charge in [-0.3, -0.25) is 0 Å². The van der Waals surface area contributed by atoms with Gasteiger partial charge in [0.1, 0.15) is 6.33 Å². The fourth-order valence-electron chi connectivity index (χ4n) is 1.40. The minimum atomic E-state index is 0.0198. The minimum Gasteiger partial charge on any atom is -0.327 e. The van der Waals surface area contributed by atoms with Crippen LogP contribution in [0.3, 0.4) is 0 Å². The van der Waals surface area contributed by atoms with Gasteiger partial charge in [0, 0.05) is 18.0 Å². The van der Waals surface area contributed by atoms with E-state index in [1.807, 2.05) is 30.7 Å². The van der Waals surface area contributed by atoms with E-state index in [1.165, 1.54) is 0 Å². The monoisotopic (exact) mass is 288 g/mol. The molecule has 0 aliphatic rings. The summed E-state index contributed by atoms with van der Waals surface area (Å²) in [6.45, 7) is 1.99. The summed E-state index contributed by atoms with van der Waals surface area (Å²) in [5, 5.41) is 8.93. The molecular formula is C10H13ClN4S2. The molecule has 2 aromatic heterocycles. The highest BCUT2D eigenvalue weighted by Gasteiger charge is 2.21. The Bertz CT molecular complexity index is 494. The maximum atomic E-state index is 6.03. The van der Waals surface area contributed by atoms with E-state index in [1.54, 1.807) is 29.4 Å². The van der Waals surface area contributed by atoms with Crippen molar-refractivity contribution in [3.63, 3.8) is 0 Å². The smallest absolute Gasteiger partial charge is 0.191 e. The van der Waals surface area contributed by atoms with Crippen LogP contribution in [0.25, 0.3) is 0 Å². The van der Waals surface area contributed by atoms with Gasteiger partial charge in [-0.15, -0.1) is 21.5 Å². The van der Waals surface area contributed by atoms with E-state index in [2.05, 4.69) is 10.2 Å². The van der Waals surface area contributed by atoms with Gasteiger partial charge in [-0.05, 0) is 19.1 Å². The van der Waals surface area contributed by atoms with Crippen molar-refractivity contribution >= 4 is 34.7 Å². The first-order valence-electron chi connectivity index (χ1n) is 5.09. The molecule has 0 amide bonds. The zero-order chi connectivity index (χ0) is 12.4. The largest absolute Gasteiger partial charge is 0.327 e. The first-order chi connectivity index (χ1) is 8.08. The number of hydrogen-bond acceptors (Lipinski definition) is 5. The molecule has 17 heavy (non-hydrogen) atoms. The second kappa shape index (κ2) is 5.39. The summed E-state index contributed by atoms with van der Waals surface area (Å²) < 4.78 is 2.67. The number of nitrogens with two attached hydrogens (primary N) is 1. The first kappa shape index (κ1) is 12.9. The van der Waals surface area contributed by atoms with E-state index in [-0.39, 0.29) is 11.3 Å². The lowest BCUT2D eigenvalue weighted by Crippen LogP contribution is -2.22. The number of hydrogen-bond donors (Lipinski definition) is 1. The molecule has 0 saturated heterocycles. The van der Waals surface area contributed by atoms with Crippen molar-refractivity contribution < 1.29 is 0 Å². The van der Waals surface area contributed by atoms with Crippen LogP contribution < -0.4 is 5.73 Å². The molecule has 2 aromatic rings. The number of halogens is 1. The SMILES string of the molecule is CC(N)C(Sc1nncn1C)c1ccc(Cl)s1. The number of nitrogens with zero attached hydrogens (tertiary/aromatic N) is 3. The molecule has 92 valence electrons. The highest BCUT2D eigenvalue weighted by atomic mass is 35.5. The number of thioether (sulfide) groups is 1. The third kappa shape index (κ3) is 3.01. The van der Waals surface area contributed by atoms with Crippen molar-refractivity contribution in [3.8, 4) is 0 Å². The van der Waals surface area contributed by atoms with Gasteiger partial charge in [-0.2, -0.15) is 0 Å². The average Bonchev–Trinajstić information content (AvgIpc) is 2.84. The van der Waals surface area contributed by atoms with E-state index in [9.17, 15) is 0 Å². The summed E-state index contributed by atoms with van der Waals surface area (Å²) in [5.41, 5.74) is 6.03. The Balaban J connectivity index is 2.22. The molecule has 0 aliphatic carbocycles. The van der Waals surface area contributed by atoms with Crippen molar-refractivity contribution in [2.45, 2.75) is 23.4 Å². The van der Waals surface area contributed by atoms with Crippen LogP contribution in [0, 0.1) is 0 Å². The molecule has 0 spiro atoms. The van der Waals surface area contributed by atoms with Crippen LogP contribution in [0.1, 0.15) is 17.1 Å². The highest BCUT2D eigenvalue weighted by Crippen LogP contribution is 2.40. The maximum absolute atomic E-state index is 6.03. The fourth-order valence-corrected chi connectivity index (χ4v) is 3.79. The van der Waals surface area contributed by atoms with Crippen LogP contribution >= 0.6 is 34.7 Å². The molecule has 0 aromatic carbocycles. The van der Waals surface area contributed by atoms with Gasteiger partial charge in [0.15, 0.2) is 5.16 Å². The van der Waals surface area contributed by atoms with Crippen molar-refractivity contribution in [1.29, 1.82) is 0 Å². The van der Waals surface area contributed by atoms with Gasteiger partial charge in [0.05, 0.1) is 9.59 Å². The van der Waals surface area contributed by atoms with Crippen molar-refractivity contribution in [2.24, 2.45) is 12.8 Å². The minimum absolute atomic E-state index is 0.0198. The Morgan fingerprint density at radius 3 is 2.76 bits per heavy atom. The number of thiophene rings is 1. The number of rotatable bonds is 4. The van der Waals surface area contributed by atoms with Gasteiger partial charge in [-0.25, -0.2) is 0 Å². The average molecular weight is 289 g/mol. The molecular weight excluding hydrogens is 276 g/mol. The molecule has 2 N–H and O–H groups in total. The van der Waals surface area contributed by atoms with Crippen LogP contribution in [-0.4, -0.2) is 20.8 Å². The van der Waals surface area contributed by atoms with Crippen molar-refractivity contribution in [3.05, 3.63) is 27.7 Å². The van der Waals surface area contributed by atoms with Crippen LogP contribution in [-0.2, 0) is 7.05 Å². The quantitative estimate of drug-likeness (QED) is 0.879. The Morgan fingerprint density at radius 1 is 1.53 bits per heavy atom. The molecule has 0 aliphatic heterocycles. The molecule has 2 heterocycles. The van der Waals surface area contributed by atoms with Gasteiger partial charge in [0.25, 0.3) is 0 Å². The summed E-state index contributed by atoms with van der Waals surface area (Å²) in [7, 11) is 1.92.